The van der Waals surface area contributed by atoms with Crippen LogP contribution in [0.1, 0.15) is 32.6 Å². The first-order valence-electron chi connectivity index (χ1n) is 6.93. The molecule has 2 aliphatic rings. The highest BCUT2D eigenvalue weighted by molar-refractivity contribution is 4.85. The van der Waals surface area contributed by atoms with Gasteiger partial charge in [0.05, 0.1) is 0 Å². The molecule has 1 N–H and O–H groups in total. The third kappa shape index (κ3) is 3.19. The van der Waals surface area contributed by atoms with Crippen LogP contribution >= 0.6 is 0 Å². The van der Waals surface area contributed by atoms with Gasteiger partial charge in [-0.3, -0.25) is 4.90 Å². The molecule has 3 heteroatoms. The van der Waals surface area contributed by atoms with Gasteiger partial charge >= 0.3 is 0 Å². The van der Waals surface area contributed by atoms with Gasteiger partial charge < -0.3 is 10.2 Å². The van der Waals surface area contributed by atoms with E-state index in [1.165, 1.54) is 58.4 Å². The lowest BCUT2D eigenvalue weighted by atomic mass is 10.2. The van der Waals surface area contributed by atoms with E-state index in [0.29, 0.717) is 6.04 Å². The first-order chi connectivity index (χ1) is 7.79. The van der Waals surface area contributed by atoms with Gasteiger partial charge in [0.15, 0.2) is 0 Å². The van der Waals surface area contributed by atoms with Crippen LogP contribution in [0.15, 0.2) is 0 Å². The van der Waals surface area contributed by atoms with Crippen molar-refractivity contribution in [1.29, 1.82) is 0 Å². The number of nitrogens with one attached hydrogen (secondary N) is 1. The normalized spacial score (nSPS) is 30.0. The molecule has 0 aromatic heterocycles. The van der Waals surface area contributed by atoms with Crippen molar-refractivity contribution < 1.29 is 0 Å². The predicted molar refractivity (Wildman–Crippen MR) is 68.8 cm³/mol. The summed E-state index contributed by atoms with van der Waals surface area (Å²) < 4.78 is 0. The molecule has 0 bridgehead atoms. The van der Waals surface area contributed by atoms with Crippen LogP contribution < -0.4 is 5.32 Å². The van der Waals surface area contributed by atoms with Crippen molar-refractivity contribution in [3.8, 4) is 0 Å². The van der Waals surface area contributed by atoms with E-state index in [1.54, 1.807) is 0 Å². The van der Waals surface area contributed by atoms with Crippen LogP contribution in [-0.2, 0) is 0 Å². The number of nitrogens with zero attached hydrogens (tertiary/aromatic N) is 2. The molecule has 0 amide bonds. The molecule has 2 rings (SSSR count). The zero-order valence-corrected chi connectivity index (χ0v) is 10.9. The van der Waals surface area contributed by atoms with Gasteiger partial charge in [0.25, 0.3) is 0 Å². The summed E-state index contributed by atoms with van der Waals surface area (Å²) in [5.74, 6) is 0. The summed E-state index contributed by atoms with van der Waals surface area (Å²) in [6.45, 7) is 8.88. The maximum Gasteiger partial charge on any atom is 0.0235 e. The molecular weight excluding hydrogens is 198 g/mol. The number of likely N-dealkylation sites (tertiary alicyclic amines) is 2. The molecule has 0 aromatic rings. The van der Waals surface area contributed by atoms with Crippen molar-refractivity contribution in [2.45, 2.75) is 44.7 Å². The number of hydrogen-bond donors (Lipinski definition) is 1. The van der Waals surface area contributed by atoms with Gasteiger partial charge in [-0.05, 0) is 65.8 Å². The Labute approximate surface area is 100 Å². The van der Waals surface area contributed by atoms with Gasteiger partial charge in [-0.2, -0.15) is 0 Å². The fraction of sp³-hybridized carbons (Fsp3) is 1.00. The van der Waals surface area contributed by atoms with E-state index in [9.17, 15) is 0 Å². The maximum absolute atomic E-state index is 3.32. The lowest BCUT2D eigenvalue weighted by Crippen LogP contribution is -2.36. The Kier molecular flexibility index (Phi) is 4.62. The van der Waals surface area contributed by atoms with Crippen LogP contribution in [0.2, 0.25) is 0 Å². The van der Waals surface area contributed by atoms with Crippen LogP contribution in [0.5, 0.6) is 0 Å². The smallest absolute Gasteiger partial charge is 0.0235 e. The van der Waals surface area contributed by atoms with Crippen molar-refractivity contribution in [2.24, 2.45) is 0 Å². The van der Waals surface area contributed by atoms with E-state index in [-0.39, 0.29) is 0 Å². The second kappa shape index (κ2) is 5.99. The van der Waals surface area contributed by atoms with E-state index >= 15 is 0 Å². The molecule has 2 unspecified atom stereocenters. The zero-order valence-electron chi connectivity index (χ0n) is 10.9. The van der Waals surface area contributed by atoms with E-state index in [2.05, 4.69) is 29.1 Å². The first kappa shape index (κ1) is 12.3. The zero-order chi connectivity index (χ0) is 11.4. The molecule has 94 valence electrons. The average molecular weight is 225 g/mol. The minimum atomic E-state index is 0.658. The lowest BCUT2D eigenvalue weighted by molar-refractivity contribution is 0.229. The van der Waals surface area contributed by atoms with Crippen LogP contribution in [0.25, 0.3) is 0 Å². The summed E-state index contributed by atoms with van der Waals surface area (Å²) in [6.07, 6.45) is 5.53. The molecule has 2 atom stereocenters. The second-order valence-electron chi connectivity index (χ2n) is 5.46. The third-order valence-corrected chi connectivity index (χ3v) is 4.28. The van der Waals surface area contributed by atoms with E-state index in [1.807, 2.05) is 0 Å². The second-order valence-corrected chi connectivity index (χ2v) is 5.46. The third-order valence-electron chi connectivity index (χ3n) is 4.28. The van der Waals surface area contributed by atoms with Gasteiger partial charge in [-0.1, -0.05) is 0 Å². The van der Waals surface area contributed by atoms with Gasteiger partial charge in [-0.15, -0.1) is 0 Å². The molecule has 2 fully saturated rings. The Morgan fingerprint density at radius 3 is 2.69 bits per heavy atom. The highest BCUT2D eigenvalue weighted by Gasteiger charge is 2.28. The molecule has 0 spiro atoms. The summed E-state index contributed by atoms with van der Waals surface area (Å²) in [5.41, 5.74) is 0. The molecular formula is C13H27N3. The molecule has 0 saturated carbocycles. The Bertz CT molecular complexity index is 201. The average Bonchev–Trinajstić information content (AvgIpc) is 2.95. The van der Waals surface area contributed by atoms with Gasteiger partial charge in [0.2, 0.25) is 0 Å². The van der Waals surface area contributed by atoms with Crippen LogP contribution in [0, 0.1) is 0 Å². The lowest BCUT2D eigenvalue weighted by Gasteiger charge is -2.24. The Balaban J connectivity index is 1.67. The number of rotatable bonds is 5. The van der Waals surface area contributed by atoms with Crippen LogP contribution in [-0.4, -0.2) is 61.7 Å². The van der Waals surface area contributed by atoms with E-state index in [0.717, 1.165) is 6.04 Å². The Hall–Kier alpha value is -0.120. The molecule has 2 heterocycles. The summed E-state index contributed by atoms with van der Waals surface area (Å²) in [4.78, 5) is 5.36. The largest absolute Gasteiger partial charge is 0.317 e. The van der Waals surface area contributed by atoms with Crippen LogP contribution in [0.4, 0.5) is 0 Å². The highest BCUT2D eigenvalue weighted by Crippen LogP contribution is 2.20. The highest BCUT2D eigenvalue weighted by atomic mass is 15.3. The van der Waals surface area contributed by atoms with Crippen molar-refractivity contribution >= 4 is 0 Å². The van der Waals surface area contributed by atoms with Crippen molar-refractivity contribution in [3.63, 3.8) is 0 Å². The van der Waals surface area contributed by atoms with Crippen LogP contribution in [0.3, 0.4) is 0 Å². The summed E-state index contributed by atoms with van der Waals surface area (Å²) in [6, 6.07) is 1.53. The van der Waals surface area contributed by atoms with Gasteiger partial charge in [-0.25, -0.2) is 0 Å². The molecule has 2 aliphatic heterocycles. The molecule has 2 saturated heterocycles. The quantitative estimate of drug-likeness (QED) is 0.757. The minimum Gasteiger partial charge on any atom is -0.317 e. The van der Waals surface area contributed by atoms with Crippen molar-refractivity contribution in [1.82, 2.24) is 15.1 Å². The standard InChI is InChI=1S/C13H27N3/c1-12(14-2)5-9-15-10-6-13(11-15)16-7-3-4-8-16/h12-14H,3-11H2,1-2H3. The molecule has 0 aliphatic carbocycles. The minimum absolute atomic E-state index is 0.658. The predicted octanol–water partition coefficient (Wildman–Crippen LogP) is 1.15. The molecule has 0 aromatic carbocycles. The Morgan fingerprint density at radius 2 is 2.00 bits per heavy atom. The fourth-order valence-corrected chi connectivity index (χ4v) is 2.94. The summed E-state index contributed by atoms with van der Waals surface area (Å²) in [5, 5.41) is 3.32. The van der Waals surface area contributed by atoms with Gasteiger partial charge in [0.1, 0.15) is 0 Å². The Morgan fingerprint density at radius 1 is 1.25 bits per heavy atom. The SMILES string of the molecule is CNC(C)CCN1CCC(N2CCCC2)C1. The maximum atomic E-state index is 3.32. The van der Waals surface area contributed by atoms with E-state index < -0.39 is 0 Å². The van der Waals surface area contributed by atoms with Gasteiger partial charge in [0, 0.05) is 18.6 Å². The molecule has 16 heavy (non-hydrogen) atoms. The summed E-state index contributed by atoms with van der Waals surface area (Å²) in [7, 11) is 2.06. The summed E-state index contributed by atoms with van der Waals surface area (Å²) >= 11 is 0. The van der Waals surface area contributed by atoms with E-state index in [4.69, 9.17) is 0 Å². The van der Waals surface area contributed by atoms with Crippen molar-refractivity contribution in [3.05, 3.63) is 0 Å². The monoisotopic (exact) mass is 225 g/mol. The van der Waals surface area contributed by atoms with Crippen molar-refractivity contribution in [2.75, 3.05) is 39.8 Å². The first-order valence-corrected chi connectivity index (χ1v) is 6.93. The molecule has 3 nitrogen and oxygen atoms in total. The fourth-order valence-electron chi connectivity index (χ4n) is 2.94. The topological polar surface area (TPSA) is 18.5 Å². The number of hydrogen-bond acceptors (Lipinski definition) is 3. The molecule has 0 radical (unpaired) electrons.